The van der Waals surface area contributed by atoms with Gasteiger partial charge in [-0.15, -0.1) is 0 Å². The molecule has 0 bridgehead atoms. The number of piperazine rings is 1. The van der Waals surface area contributed by atoms with Gasteiger partial charge in [-0.1, -0.05) is 54.1 Å². The smallest absolute Gasteiger partial charge is 0.194 e. The summed E-state index contributed by atoms with van der Waals surface area (Å²) in [4.78, 5) is 5.00. The monoisotopic (exact) mass is 596 g/mol. The highest BCUT2D eigenvalue weighted by molar-refractivity contribution is 6.35. The number of ether oxygens (including phenoxy) is 4. The Kier molecular flexibility index (Phi) is 10.1. The van der Waals surface area contributed by atoms with E-state index in [2.05, 4.69) is 46.7 Å². The quantitative estimate of drug-likeness (QED) is 0.210. The standard InChI is InChI=1S/C33H38Cl2N2O4/c1-3-20-38-29-8-4-6-25(21-29)7-5-15-36-16-18-37(19-17-36)27-10-12-28(13-11-27)39-23-30-24-40-33(2,41-30)31-14-9-26(34)22-32(31)35/h3-4,6,8-14,21-22,30H,1,5,7,15-20,23-24H2,2H3/t30?,33-/m0/s1. The summed E-state index contributed by atoms with van der Waals surface area (Å²) in [6.07, 6.45) is 3.76. The van der Waals surface area contributed by atoms with E-state index in [1.807, 2.05) is 31.2 Å². The molecule has 2 atom stereocenters. The first-order valence-corrected chi connectivity index (χ1v) is 15.0. The lowest BCUT2D eigenvalue weighted by molar-refractivity contribution is -0.164. The molecule has 0 spiro atoms. The van der Waals surface area contributed by atoms with E-state index >= 15 is 0 Å². The lowest BCUT2D eigenvalue weighted by atomic mass is 10.1. The third kappa shape index (κ3) is 7.97. The van der Waals surface area contributed by atoms with Crippen LogP contribution in [0.15, 0.2) is 79.4 Å². The zero-order chi connectivity index (χ0) is 28.7. The van der Waals surface area contributed by atoms with Gasteiger partial charge < -0.3 is 23.8 Å². The fourth-order valence-electron chi connectivity index (χ4n) is 5.34. The van der Waals surface area contributed by atoms with Crippen LogP contribution in [0, 0.1) is 0 Å². The van der Waals surface area contributed by atoms with Gasteiger partial charge in [0, 0.05) is 42.5 Å². The molecule has 2 aliphatic heterocycles. The minimum atomic E-state index is -0.924. The highest BCUT2D eigenvalue weighted by Crippen LogP contribution is 2.38. The largest absolute Gasteiger partial charge is 0.491 e. The fourth-order valence-corrected chi connectivity index (χ4v) is 5.92. The first-order valence-electron chi connectivity index (χ1n) is 14.2. The summed E-state index contributed by atoms with van der Waals surface area (Å²) in [7, 11) is 0. The summed E-state index contributed by atoms with van der Waals surface area (Å²) in [5.74, 6) is 0.802. The number of halogens is 2. The highest BCUT2D eigenvalue weighted by Gasteiger charge is 2.40. The molecular formula is C33H38Cl2N2O4. The Hall–Kier alpha value is -2.74. The van der Waals surface area contributed by atoms with Crippen molar-refractivity contribution in [2.75, 3.05) is 57.4 Å². The highest BCUT2D eigenvalue weighted by atomic mass is 35.5. The average Bonchev–Trinajstić information content (AvgIpc) is 3.37. The molecule has 1 unspecified atom stereocenters. The van der Waals surface area contributed by atoms with E-state index in [4.69, 9.17) is 42.1 Å². The second kappa shape index (κ2) is 14.0. The van der Waals surface area contributed by atoms with Gasteiger partial charge in [-0.05, 0) is 80.4 Å². The lowest BCUT2D eigenvalue weighted by Gasteiger charge is -2.36. The predicted molar refractivity (Wildman–Crippen MR) is 166 cm³/mol. The maximum absolute atomic E-state index is 6.38. The Labute approximate surface area is 253 Å². The molecule has 0 aliphatic carbocycles. The first-order chi connectivity index (χ1) is 19.9. The van der Waals surface area contributed by atoms with Gasteiger partial charge in [0.05, 0.1) is 11.6 Å². The third-order valence-corrected chi connectivity index (χ3v) is 8.12. The molecule has 0 aromatic heterocycles. The molecule has 0 amide bonds. The van der Waals surface area contributed by atoms with Crippen LogP contribution in [-0.2, 0) is 21.7 Å². The summed E-state index contributed by atoms with van der Waals surface area (Å²) in [6, 6.07) is 22.0. The van der Waals surface area contributed by atoms with Gasteiger partial charge in [0.1, 0.15) is 30.8 Å². The van der Waals surface area contributed by atoms with E-state index in [0.29, 0.717) is 29.9 Å². The van der Waals surface area contributed by atoms with Crippen LogP contribution in [0.4, 0.5) is 5.69 Å². The summed E-state index contributed by atoms with van der Waals surface area (Å²) in [5, 5.41) is 1.10. The third-order valence-electron chi connectivity index (χ3n) is 7.57. The van der Waals surface area contributed by atoms with Gasteiger partial charge in [-0.3, -0.25) is 4.90 Å². The van der Waals surface area contributed by atoms with Crippen molar-refractivity contribution in [2.24, 2.45) is 0 Å². The molecule has 2 aliphatic rings. The molecule has 5 rings (SSSR count). The van der Waals surface area contributed by atoms with Gasteiger partial charge in [0.25, 0.3) is 0 Å². The molecule has 218 valence electrons. The second-order valence-electron chi connectivity index (χ2n) is 10.6. The zero-order valence-electron chi connectivity index (χ0n) is 23.6. The van der Waals surface area contributed by atoms with Crippen molar-refractivity contribution in [3.63, 3.8) is 0 Å². The average molecular weight is 598 g/mol. The van der Waals surface area contributed by atoms with Crippen molar-refractivity contribution in [1.82, 2.24) is 4.90 Å². The van der Waals surface area contributed by atoms with Crippen molar-refractivity contribution < 1.29 is 18.9 Å². The number of anilines is 1. The van der Waals surface area contributed by atoms with E-state index in [-0.39, 0.29) is 6.10 Å². The van der Waals surface area contributed by atoms with E-state index < -0.39 is 5.79 Å². The number of aryl methyl sites for hydroxylation is 1. The Morgan fingerprint density at radius 2 is 1.78 bits per heavy atom. The zero-order valence-corrected chi connectivity index (χ0v) is 25.1. The molecule has 0 radical (unpaired) electrons. The van der Waals surface area contributed by atoms with Gasteiger partial charge >= 0.3 is 0 Å². The van der Waals surface area contributed by atoms with Gasteiger partial charge in [0.2, 0.25) is 0 Å². The lowest BCUT2D eigenvalue weighted by Crippen LogP contribution is -2.46. The molecule has 2 fully saturated rings. The Bertz CT molecular complexity index is 1300. The van der Waals surface area contributed by atoms with E-state index in [9.17, 15) is 0 Å². The Balaban J connectivity index is 1.02. The molecule has 3 aromatic rings. The van der Waals surface area contributed by atoms with Crippen molar-refractivity contribution in [3.8, 4) is 11.5 Å². The summed E-state index contributed by atoms with van der Waals surface area (Å²) in [5.41, 5.74) is 3.30. The minimum Gasteiger partial charge on any atom is -0.491 e. The maximum atomic E-state index is 6.38. The van der Waals surface area contributed by atoms with Gasteiger partial charge in [-0.25, -0.2) is 0 Å². The minimum absolute atomic E-state index is 0.200. The van der Waals surface area contributed by atoms with E-state index in [0.717, 1.165) is 62.6 Å². The van der Waals surface area contributed by atoms with Crippen LogP contribution in [0.25, 0.3) is 0 Å². The number of benzene rings is 3. The van der Waals surface area contributed by atoms with Crippen molar-refractivity contribution >= 4 is 28.9 Å². The molecule has 3 aromatic carbocycles. The van der Waals surface area contributed by atoms with Gasteiger partial charge in [0.15, 0.2) is 5.79 Å². The molecule has 2 heterocycles. The molecule has 41 heavy (non-hydrogen) atoms. The maximum Gasteiger partial charge on any atom is 0.194 e. The summed E-state index contributed by atoms with van der Waals surface area (Å²) >= 11 is 12.4. The normalized spacial score (nSPS) is 21.1. The fraction of sp³-hybridized carbons (Fsp3) is 0.394. The van der Waals surface area contributed by atoms with Crippen LogP contribution in [0.5, 0.6) is 11.5 Å². The molecule has 8 heteroatoms. The van der Waals surface area contributed by atoms with Gasteiger partial charge in [-0.2, -0.15) is 0 Å². The summed E-state index contributed by atoms with van der Waals surface area (Å²) in [6.45, 7) is 12.2. The Morgan fingerprint density at radius 3 is 2.54 bits per heavy atom. The van der Waals surface area contributed by atoms with Crippen LogP contribution in [0.2, 0.25) is 10.0 Å². The molecule has 2 saturated heterocycles. The van der Waals surface area contributed by atoms with Crippen LogP contribution < -0.4 is 14.4 Å². The molecule has 0 N–H and O–H groups in total. The molecular weight excluding hydrogens is 559 g/mol. The topological polar surface area (TPSA) is 43.4 Å². The first kappa shape index (κ1) is 29.7. The number of hydrogen-bond donors (Lipinski definition) is 0. The SMILES string of the molecule is C=CCOc1cccc(CCCN2CCN(c3ccc(OCC4CO[C@](C)(c5ccc(Cl)cc5Cl)O4)cc3)CC2)c1. The van der Waals surface area contributed by atoms with Crippen molar-refractivity contribution in [2.45, 2.75) is 31.7 Å². The number of nitrogens with zero attached hydrogens (tertiary/aromatic N) is 2. The Morgan fingerprint density at radius 1 is 0.976 bits per heavy atom. The van der Waals surface area contributed by atoms with E-state index in [1.54, 1.807) is 18.2 Å². The van der Waals surface area contributed by atoms with Crippen molar-refractivity contribution in [1.29, 1.82) is 0 Å². The predicted octanol–water partition coefficient (Wildman–Crippen LogP) is 6.98. The second-order valence-corrected chi connectivity index (χ2v) is 11.4. The van der Waals surface area contributed by atoms with Crippen LogP contribution in [-0.4, -0.2) is 63.5 Å². The summed E-state index contributed by atoms with van der Waals surface area (Å²) < 4.78 is 23.9. The van der Waals surface area contributed by atoms with Crippen LogP contribution in [0.3, 0.4) is 0 Å². The van der Waals surface area contributed by atoms with Crippen molar-refractivity contribution in [3.05, 3.63) is 101 Å². The molecule has 0 saturated carbocycles. The number of rotatable bonds is 12. The van der Waals surface area contributed by atoms with Crippen LogP contribution >= 0.6 is 23.2 Å². The number of hydrogen-bond acceptors (Lipinski definition) is 6. The van der Waals surface area contributed by atoms with E-state index in [1.165, 1.54) is 11.3 Å². The van der Waals surface area contributed by atoms with Crippen LogP contribution in [0.1, 0.15) is 24.5 Å². The molecule has 6 nitrogen and oxygen atoms in total.